The van der Waals surface area contributed by atoms with E-state index in [0.717, 1.165) is 10.9 Å². The number of H-pyrrole nitrogens is 1. The maximum Gasteiger partial charge on any atom is 2.00 e. The van der Waals surface area contributed by atoms with Crippen molar-refractivity contribution in [2.45, 2.75) is 0 Å². The summed E-state index contributed by atoms with van der Waals surface area (Å²) in [5.74, 6) is -1.19. The molecule has 1 N–H and O–H groups in total. The molecule has 0 unspecified atom stereocenters. The first kappa shape index (κ1) is 11.7. The largest absolute Gasteiger partial charge is 2.00 e. The average Bonchev–Trinajstić information content (AvgIpc) is 2.17. The van der Waals surface area contributed by atoms with E-state index in [1.807, 2.05) is 24.3 Å². The van der Waals surface area contributed by atoms with Crippen LogP contribution in [-0.2, 0) is 0 Å². The second kappa shape index (κ2) is 4.95. The smallest absolute Gasteiger partial charge is 0.539 e. The molecule has 0 bridgehead atoms. The summed E-state index contributed by atoms with van der Waals surface area (Å²) < 4.78 is 0. The number of carbonyl (C=O) groups is 1. The maximum absolute atomic E-state index is 10.5. The minimum atomic E-state index is -1.19. The van der Waals surface area contributed by atoms with Crippen LogP contribution in [0.15, 0.2) is 36.4 Å². The molecular weight excluding hydrogens is 303 g/mol. The summed E-state index contributed by atoms with van der Waals surface area (Å²) in [4.78, 5) is 13.3. The second-order valence-corrected chi connectivity index (χ2v) is 2.75. The zero-order valence-corrected chi connectivity index (χ0v) is 11.9. The van der Waals surface area contributed by atoms with Crippen molar-refractivity contribution < 1.29 is 14.9 Å². The van der Waals surface area contributed by atoms with E-state index in [1.54, 1.807) is 6.07 Å². The summed E-state index contributed by atoms with van der Waals surface area (Å²) in [7, 11) is 0. The van der Waals surface area contributed by atoms with Gasteiger partial charge in [-0.2, -0.15) is 0 Å². The van der Waals surface area contributed by atoms with Crippen molar-refractivity contribution in [3.63, 3.8) is 0 Å². The van der Waals surface area contributed by atoms with E-state index in [1.165, 1.54) is 6.07 Å². The van der Waals surface area contributed by atoms with Gasteiger partial charge in [-0.25, -0.2) is 4.98 Å². The Kier molecular flexibility index (Phi) is 4.15. The van der Waals surface area contributed by atoms with Gasteiger partial charge in [0.2, 0.25) is 11.2 Å². The van der Waals surface area contributed by atoms with E-state index in [9.17, 15) is 9.90 Å². The second-order valence-electron chi connectivity index (χ2n) is 2.75. The number of carbonyl (C=O) groups excluding carboxylic acids is 1. The Morgan fingerprint density at radius 2 is 1.86 bits per heavy atom. The number of aromatic nitrogens is 1. The Hall–Kier alpha value is -0.329. The first-order valence-corrected chi connectivity index (χ1v) is 3.90. The SMILES string of the molecule is O=C([O-])c1ccc2ccccc2[nH+]1.[Ba+2]. The first-order valence-electron chi connectivity index (χ1n) is 3.90. The predicted molar refractivity (Wildman–Crippen MR) is 50.6 cm³/mol. The molecule has 0 atom stereocenters. The van der Waals surface area contributed by atoms with E-state index in [0.29, 0.717) is 0 Å². The molecular formula is C10H7BaNO2+2. The third-order valence-corrected chi connectivity index (χ3v) is 1.88. The van der Waals surface area contributed by atoms with Gasteiger partial charge in [0.05, 0.1) is 0 Å². The molecule has 3 nitrogen and oxygen atoms in total. The number of hydrogen-bond donors (Lipinski definition) is 0. The molecule has 1 aromatic carbocycles. The van der Waals surface area contributed by atoms with Gasteiger partial charge >= 0.3 is 48.9 Å². The van der Waals surface area contributed by atoms with Crippen LogP contribution in [0.5, 0.6) is 0 Å². The molecule has 0 radical (unpaired) electrons. The average molecular weight is 310 g/mol. The summed E-state index contributed by atoms with van der Waals surface area (Å²) in [5, 5.41) is 11.5. The van der Waals surface area contributed by atoms with Gasteiger partial charge in [0.15, 0.2) is 0 Å². The number of nitrogens with one attached hydrogen (secondary N) is 1. The minimum absolute atomic E-state index is 0. The van der Waals surface area contributed by atoms with Gasteiger partial charge in [0, 0.05) is 17.5 Å². The van der Waals surface area contributed by atoms with Crippen LogP contribution in [0.2, 0.25) is 0 Å². The molecule has 0 aliphatic rings. The number of carboxylic acid groups (broad SMARTS) is 1. The van der Waals surface area contributed by atoms with Crippen molar-refractivity contribution in [1.82, 2.24) is 0 Å². The van der Waals surface area contributed by atoms with Crippen LogP contribution in [0, 0.1) is 0 Å². The normalized spacial score (nSPS) is 9.43. The Bertz CT molecular complexity index is 470. The molecule has 0 aliphatic carbocycles. The zero-order valence-electron chi connectivity index (χ0n) is 7.49. The Labute approximate surface area is 121 Å². The number of aromatic amines is 1. The van der Waals surface area contributed by atoms with Crippen LogP contribution in [0.25, 0.3) is 10.9 Å². The van der Waals surface area contributed by atoms with Gasteiger partial charge in [-0.3, -0.25) is 0 Å². The number of fused-ring (bicyclic) bond motifs is 1. The number of hydrogen-bond acceptors (Lipinski definition) is 2. The zero-order chi connectivity index (χ0) is 9.26. The van der Waals surface area contributed by atoms with Crippen LogP contribution in [0.1, 0.15) is 10.5 Å². The van der Waals surface area contributed by atoms with Crippen LogP contribution in [0.4, 0.5) is 0 Å². The van der Waals surface area contributed by atoms with Crippen molar-refractivity contribution in [3.05, 3.63) is 42.1 Å². The summed E-state index contributed by atoms with van der Waals surface area (Å²) in [6.07, 6.45) is 0. The molecule has 0 saturated heterocycles. The fourth-order valence-corrected chi connectivity index (χ4v) is 1.24. The van der Waals surface area contributed by atoms with Crippen LogP contribution in [0.3, 0.4) is 0 Å². The van der Waals surface area contributed by atoms with Crippen molar-refractivity contribution in [2.75, 3.05) is 0 Å². The molecule has 0 fully saturated rings. The van der Waals surface area contributed by atoms with E-state index in [4.69, 9.17) is 0 Å². The molecule has 1 aromatic heterocycles. The third kappa shape index (κ3) is 2.37. The quantitative estimate of drug-likeness (QED) is 0.675. The van der Waals surface area contributed by atoms with Crippen molar-refractivity contribution >= 4 is 65.8 Å². The molecule has 0 spiro atoms. The van der Waals surface area contributed by atoms with Gasteiger partial charge < -0.3 is 9.90 Å². The minimum Gasteiger partial charge on any atom is -0.539 e. The molecule has 1 heterocycles. The van der Waals surface area contributed by atoms with Crippen molar-refractivity contribution in [1.29, 1.82) is 0 Å². The molecule has 0 amide bonds. The standard InChI is InChI=1S/C10H7NO2.Ba/c12-10(13)9-6-5-7-3-1-2-4-8(7)11-9;/h1-6H,(H,12,13);/q;+2. The van der Waals surface area contributed by atoms with Gasteiger partial charge in [0.1, 0.15) is 5.97 Å². The first-order chi connectivity index (χ1) is 6.27. The number of carboxylic acids is 1. The van der Waals surface area contributed by atoms with Crippen LogP contribution in [-0.4, -0.2) is 54.9 Å². The van der Waals surface area contributed by atoms with Crippen molar-refractivity contribution in [2.24, 2.45) is 0 Å². The predicted octanol–water partition coefficient (Wildman–Crippen LogP) is -0.363. The molecule has 2 aromatic rings. The van der Waals surface area contributed by atoms with E-state index < -0.39 is 5.97 Å². The topological polar surface area (TPSA) is 54.3 Å². The van der Waals surface area contributed by atoms with Gasteiger partial charge in [0.25, 0.3) is 0 Å². The fourth-order valence-electron chi connectivity index (χ4n) is 1.24. The molecule has 0 saturated carbocycles. The summed E-state index contributed by atoms with van der Waals surface area (Å²) in [6, 6.07) is 10.7. The number of rotatable bonds is 1. The fraction of sp³-hybridized carbons (Fsp3) is 0. The molecule has 14 heavy (non-hydrogen) atoms. The monoisotopic (exact) mass is 311 g/mol. The Morgan fingerprint density at radius 1 is 1.14 bits per heavy atom. The van der Waals surface area contributed by atoms with Crippen molar-refractivity contribution in [3.8, 4) is 0 Å². The summed E-state index contributed by atoms with van der Waals surface area (Å²) in [6.45, 7) is 0. The maximum atomic E-state index is 10.5. The van der Waals surface area contributed by atoms with Crippen LogP contribution < -0.4 is 10.1 Å². The molecule has 64 valence electrons. The van der Waals surface area contributed by atoms with Gasteiger partial charge in [-0.05, 0) is 12.1 Å². The van der Waals surface area contributed by atoms with E-state index >= 15 is 0 Å². The van der Waals surface area contributed by atoms with Gasteiger partial charge in [-0.1, -0.05) is 12.1 Å². The number of benzene rings is 1. The Morgan fingerprint density at radius 3 is 2.57 bits per heavy atom. The van der Waals surface area contributed by atoms with Gasteiger partial charge in [-0.15, -0.1) is 0 Å². The molecule has 2 rings (SSSR count). The van der Waals surface area contributed by atoms with Crippen LogP contribution >= 0.6 is 0 Å². The molecule has 0 aliphatic heterocycles. The number of aromatic carboxylic acids is 1. The summed E-state index contributed by atoms with van der Waals surface area (Å²) >= 11 is 0. The number of para-hydroxylation sites is 1. The third-order valence-electron chi connectivity index (χ3n) is 1.88. The number of pyridine rings is 1. The van der Waals surface area contributed by atoms with E-state index in [-0.39, 0.29) is 54.6 Å². The Balaban J connectivity index is 0.000000980. The molecule has 4 heteroatoms. The van der Waals surface area contributed by atoms with E-state index in [2.05, 4.69) is 4.98 Å². The summed E-state index contributed by atoms with van der Waals surface area (Å²) in [5.41, 5.74) is 0.892.